The third kappa shape index (κ3) is 3.97. The fourth-order valence-electron chi connectivity index (χ4n) is 8.52. The second-order valence-corrected chi connectivity index (χ2v) is 11.6. The van der Waals surface area contributed by atoms with Gasteiger partial charge in [0.1, 0.15) is 6.10 Å². The molecule has 0 N–H and O–H groups in total. The first-order valence-electron chi connectivity index (χ1n) is 12.6. The van der Waals surface area contributed by atoms with Crippen LogP contribution in [0, 0.1) is 46.3 Å². The maximum atomic E-state index is 11.7. The molecule has 174 valence electrons. The third-order valence-corrected chi connectivity index (χ3v) is 10.2. The SMILES string of the molecule is COC(=O)CC[C@@H](C)[C@@H]1CC[C@@H]2[C@H]3CC[C@H]4C[C@@H](OC(C)=O)CC[C@]4(C)[C@@H]3C=C[C@]21C. The standard InChI is InChI=1S/C27H42O4/c1-17(6-11-25(29)30-5)22-9-10-23-21-8-7-19-16-20(31-18(2)28)12-14-26(19,3)24(21)13-15-27(22,23)4/h13,15,17,19-24H,6-12,14,16H2,1-5H3/t17-,19+,20+,21-,22+,23-,24-,26+,27+/m1/s1. The molecule has 4 heteroatoms. The Hall–Kier alpha value is -1.32. The molecular formula is C27H42O4. The van der Waals surface area contributed by atoms with Gasteiger partial charge in [-0.2, -0.15) is 0 Å². The van der Waals surface area contributed by atoms with Crippen LogP contribution in [0.4, 0.5) is 0 Å². The second-order valence-electron chi connectivity index (χ2n) is 11.6. The Labute approximate surface area is 188 Å². The molecule has 0 aliphatic heterocycles. The summed E-state index contributed by atoms with van der Waals surface area (Å²) in [7, 11) is 1.49. The Morgan fingerprint density at radius 3 is 2.61 bits per heavy atom. The van der Waals surface area contributed by atoms with Crippen molar-refractivity contribution in [1.29, 1.82) is 0 Å². The van der Waals surface area contributed by atoms with E-state index in [0.717, 1.165) is 31.1 Å². The lowest BCUT2D eigenvalue weighted by molar-refractivity contribution is -0.154. The minimum Gasteiger partial charge on any atom is -0.469 e. The Balaban J connectivity index is 1.50. The van der Waals surface area contributed by atoms with Gasteiger partial charge in [0.15, 0.2) is 0 Å². The Bertz CT molecular complexity index is 729. The van der Waals surface area contributed by atoms with Crippen LogP contribution >= 0.6 is 0 Å². The number of hydrogen-bond donors (Lipinski definition) is 0. The van der Waals surface area contributed by atoms with Crippen LogP contribution in [0.3, 0.4) is 0 Å². The van der Waals surface area contributed by atoms with E-state index in [2.05, 4.69) is 32.9 Å². The number of carbonyl (C=O) groups is 2. The molecule has 0 aromatic carbocycles. The van der Waals surface area contributed by atoms with Gasteiger partial charge in [0.05, 0.1) is 7.11 Å². The van der Waals surface area contributed by atoms with Gasteiger partial charge < -0.3 is 9.47 Å². The molecule has 4 nitrogen and oxygen atoms in total. The van der Waals surface area contributed by atoms with E-state index in [4.69, 9.17) is 9.47 Å². The molecule has 0 aromatic heterocycles. The zero-order valence-electron chi connectivity index (χ0n) is 20.2. The predicted octanol–water partition coefficient (Wildman–Crippen LogP) is 5.94. The first-order chi connectivity index (χ1) is 14.7. The van der Waals surface area contributed by atoms with Gasteiger partial charge in [0.2, 0.25) is 0 Å². The van der Waals surface area contributed by atoms with Crippen molar-refractivity contribution in [3.63, 3.8) is 0 Å². The number of rotatable bonds is 5. The van der Waals surface area contributed by atoms with Crippen molar-refractivity contribution in [3.8, 4) is 0 Å². The second kappa shape index (κ2) is 8.56. The van der Waals surface area contributed by atoms with Gasteiger partial charge in [0, 0.05) is 13.3 Å². The summed E-state index contributed by atoms with van der Waals surface area (Å²) in [6, 6.07) is 0. The highest BCUT2D eigenvalue weighted by Crippen LogP contribution is 2.66. The molecular weight excluding hydrogens is 388 g/mol. The van der Waals surface area contributed by atoms with Crippen LogP contribution < -0.4 is 0 Å². The van der Waals surface area contributed by atoms with E-state index in [1.165, 1.54) is 46.1 Å². The highest BCUT2D eigenvalue weighted by molar-refractivity contribution is 5.69. The number of carbonyl (C=O) groups excluding carboxylic acids is 2. The highest BCUT2D eigenvalue weighted by atomic mass is 16.5. The van der Waals surface area contributed by atoms with Crippen molar-refractivity contribution < 1.29 is 19.1 Å². The van der Waals surface area contributed by atoms with Crippen molar-refractivity contribution in [2.45, 2.75) is 91.6 Å². The summed E-state index contributed by atoms with van der Waals surface area (Å²) in [6.45, 7) is 8.91. The number of esters is 2. The van der Waals surface area contributed by atoms with Crippen LogP contribution in [0.5, 0.6) is 0 Å². The van der Waals surface area contributed by atoms with Crippen molar-refractivity contribution in [2.75, 3.05) is 7.11 Å². The van der Waals surface area contributed by atoms with Crippen molar-refractivity contribution in [3.05, 3.63) is 12.2 Å². The molecule has 0 spiro atoms. The van der Waals surface area contributed by atoms with Gasteiger partial charge in [-0.3, -0.25) is 9.59 Å². The average Bonchev–Trinajstić information content (AvgIpc) is 3.09. The van der Waals surface area contributed by atoms with Crippen LogP contribution in [0.2, 0.25) is 0 Å². The van der Waals surface area contributed by atoms with Gasteiger partial charge in [0.25, 0.3) is 0 Å². The molecule has 0 saturated heterocycles. The van der Waals surface area contributed by atoms with E-state index in [1.54, 1.807) is 0 Å². The van der Waals surface area contributed by atoms with Gasteiger partial charge >= 0.3 is 11.9 Å². The van der Waals surface area contributed by atoms with Crippen LogP contribution in [0.1, 0.15) is 85.5 Å². The summed E-state index contributed by atoms with van der Waals surface area (Å²) in [5.41, 5.74) is 0.598. The van der Waals surface area contributed by atoms with Gasteiger partial charge in [-0.25, -0.2) is 0 Å². The molecule has 3 fully saturated rings. The molecule has 0 bridgehead atoms. The van der Waals surface area contributed by atoms with Gasteiger partial charge in [-0.05, 0) is 97.7 Å². The monoisotopic (exact) mass is 430 g/mol. The van der Waals surface area contributed by atoms with E-state index < -0.39 is 0 Å². The van der Waals surface area contributed by atoms with Crippen LogP contribution in [-0.4, -0.2) is 25.2 Å². The van der Waals surface area contributed by atoms with Crippen LogP contribution in [-0.2, 0) is 19.1 Å². The summed E-state index contributed by atoms with van der Waals surface area (Å²) in [4.78, 5) is 23.1. The molecule has 0 radical (unpaired) electrons. The maximum Gasteiger partial charge on any atom is 0.305 e. The largest absolute Gasteiger partial charge is 0.469 e. The molecule has 0 unspecified atom stereocenters. The maximum absolute atomic E-state index is 11.7. The van der Waals surface area contributed by atoms with Crippen LogP contribution in [0.25, 0.3) is 0 Å². The third-order valence-electron chi connectivity index (χ3n) is 10.2. The highest BCUT2D eigenvalue weighted by Gasteiger charge is 2.59. The quantitative estimate of drug-likeness (QED) is 0.400. The molecule has 4 rings (SSSR count). The van der Waals surface area contributed by atoms with E-state index in [0.29, 0.717) is 35.5 Å². The summed E-state index contributed by atoms with van der Waals surface area (Å²) < 4.78 is 10.5. The fourth-order valence-corrected chi connectivity index (χ4v) is 8.52. The van der Waals surface area contributed by atoms with E-state index in [1.807, 2.05) is 0 Å². The molecule has 9 atom stereocenters. The van der Waals surface area contributed by atoms with Crippen molar-refractivity contribution >= 4 is 11.9 Å². The fraction of sp³-hybridized carbons (Fsp3) is 0.852. The molecule has 3 saturated carbocycles. The zero-order chi connectivity index (χ0) is 22.4. The zero-order valence-corrected chi connectivity index (χ0v) is 20.2. The number of ether oxygens (including phenoxy) is 2. The topological polar surface area (TPSA) is 52.6 Å². The lowest BCUT2D eigenvalue weighted by Crippen LogP contribution is -2.52. The van der Waals surface area contributed by atoms with Gasteiger partial charge in [-0.15, -0.1) is 0 Å². The summed E-state index contributed by atoms with van der Waals surface area (Å²) >= 11 is 0. The van der Waals surface area contributed by atoms with E-state index in [9.17, 15) is 9.59 Å². The Morgan fingerprint density at radius 1 is 1.13 bits per heavy atom. The lowest BCUT2D eigenvalue weighted by atomic mass is 9.46. The first-order valence-corrected chi connectivity index (χ1v) is 12.6. The minimum atomic E-state index is -0.131. The average molecular weight is 431 g/mol. The van der Waals surface area contributed by atoms with Crippen LogP contribution in [0.15, 0.2) is 12.2 Å². The first kappa shape index (κ1) is 22.9. The summed E-state index contributed by atoms with van der Waals surface area (Å²) in [5.74, 6) is 3.85. The number of methoxy groups -OCH3 is 1. The van der Waals surface area contributed by atoms with E-state index >= 15 is 0 Å². The molecule has 31 heavy (non-hydrogen) atoms. The Morgan fingerprint density at radius 2 is 1.90 bits per heavy atom. The van der Waals surface area contributed by atoms with E-state index in [-0.39, 0.29) is 23.5 Å². The molecule has 0 aromatic rings. The summed E-state index contributed by atoms with van der Waals surface area (Å²) in [5, 5.41) is 0. The summed E-state index contributed by atoms with van der Waals surface area (Å²) in [6.07, 6.45) is 15.2. The molecule has 0 amide bonds. The Kier molecular flexibility index (Phi) is 6.31. The number of hydrogen-bond acceptors (Lipinski definition) is 4. The smallest absolute Gasteiger partial charge is 0.305 e. The molecule has 4 aliphatic carbocycles. The molecule has 0 heterocycles. The lowest BCUT2D eigenvalue weighted by Gasteiger charge is -2.59. The van der Waals surface area contributed by atoms with Gasteiger partial charge in [-0.1, -0.05) is 32.9 Å². The number of fused-ring (bicyclic) bond motifs is 5. The van der Waals surface area contributed by atoms with Crippen molar-refractivity contribution in [2.24, 2.45) is 46.3 Å². The molecule has 4 aliphatic rings. The minimum absolute atomic E-state index is 0.0820. The predicted molar refractivity (Wildman–Crippen MR) is 121 cm³/mol. The number of allylic oxidation sites excluding steroid dienone is 2. The van der Waals surface area contributed by atoms with Crippen molar-refractivity contribution in [1.82, 2.24) is 0 Å². The normalized spacial score (nSPS) is 44.5.